The van der Waals surface area contributed by atoms with Crippen molar-refractivity contribution in [2.75, 3.05) is 13.2 Å². The largest absolute Gasteiger partial charge is 0.463 e. The summed E-state index contributed by atoms with van der Waals surface area (Å²) in [5.74, 6) is -1.34. The molecule has 2 aliphatic rings. The number of fused-ring (bicyclic) bond motifs is 2. The molecule has 2 bridgehead atoms. The number of hydrogen-bond donors (Lipinski definition) is 0. The summed E-state index contributed by atoms with van der Waals surface area (Å²) in [6.45, 7) is 2.73. The second kappa shape index (κ2) is 4.10. The summed E-state index contributed by atoms with van der Waals surface area (Å²) in [7, 11) is 0. The lowest BCUT2D eigenvalue weighted by Gasteiger charge is -2.28. The number of ketones is 1. The number of Topliss-reactive ketones (excluding diaryl/α,β-unsaturated/α-hetero) is 1. The second-order valence-corrected chi connectivity index (χ2v) is 4.44. The van der Waals surface area contributed by atoms with Crippen LogP contribution in [0.1, 0.15) is 20.3 Å². The minimum absolute atomic E-state index is 0.00495. The maximum atomic E-state index is 11.7. The predicted octanol–water partition coefficient (Wildman–Crippen LogP) is -0.161. The first kappa shape index (κ1) is 12.0. The van der Waals surface area contributed by atoms with E-state index in [1.54, 1.807) is 0 Å². The average molecular weight is 242 g/mol. The quantitative estimate of drug-likeness (QED) is 0.640. The van der Waals surface area contributed by atoms with Crippen molar-refractivity contribution < 1.29 is 28.6 Å². The molecule has 0 aromatic heterocycles. The Kier molecular flexibility index (Phi) is 2.91. The van der Waals surface area contributed by atoms with Gasteiger partial charge < -0.3 is 14.2 Å². The van der Waals surface area contributed by atoms with Crippen molar-refractivity contribution in [1.82, 2.24) is 0 Å². The third-order valence-corrected chi connectivity index (χ3v) is 3.13. The van der Waals surface area contributed by atoms with Crippen LogP contribution in [-0.4, -0.2) is 42.6 Å². The molecule has 0 spiro atoms. The maximum absolute atomic E-state index is 11.7. The van der Waals surface area contributed by atoms with Gasteiger partial charge in [0.1, 0.15) is 24.1 Å². The first-order chi connectivity index (χ1) is 7.94. The Bertz CT molecular complexity index is 376. The Morgan fingerprint density at radius 2 is 2.12 bits per heavy atom. The molecule has 0 amide bonds. The molecule has 0 N–H and O–H groups in total. The smallest absolute Gasteiger partial charge is 0.303 e. The lowest BCUT2D eigenvalue weighted by Crippen LogP contribution is -2.44. The lowest BCUT2D eigenvalue weighted by molar-refractivity contribution is -0.167. The highest BCUT2D eigenvalue weighted by atomic mass is 16.6. The van der Waals surface area contributed by atoms with Crippen molar-refractivity contribution in [1.29, 1.82) is 0 Å². The van der Waals surface area contributed by atoms with Gasteiger partial charge in [-0.25, -0.2) is 0 Å². The molecule has 0 aromatic carbocycles. The monoisotopic (exact) mass is 242 g/mol. The van der Waals surface area contributed by atoms with Gasteiger partial charge in [0.25, 0.3) is 0 Å². The Morgan fingerprint density at radius 1 is 1.41 bits per heavy atom. The molecule has 2 rings (SSSR count). The van der Waals surface area contributed by atoms with E-state index >= 15 is 0 Å². The molecule has 1 saturated carbocycles. The molecule has 0 radical (unpaired) electrons. The fourth-order valence-corrected chi connectivity index (χ4v) is 2.40. The summed E-state index contributed by atoms with van der Waals surface area (Å²) in [5, 5.41) is 0. The molecule has 0 unspecified atom stereocenters. The van der Waals surface area contributed by atoms with Crippen LogP contribution < -0.4 is 0 Å². The average Bonchev–Trinajstić information content (AvgIpc) is 2.67. The topological polar surface area (TPSA) is 78.9 Å². The van der Waals surface area contributed by atoms with Crippen LogP contribution >= 0.6 is 0 Å². The summed E-state index contributed by atoms with van der Waals surface area (Å²) in [6.07, 6.45) is -0.505. The number of carbonyl (C=O) groups is 3. The van der Waals surface area contributed by atoms with E-state index in [0.717, 1.165) is 0 Å². The predicted molar refractivity (Wildman–Crippen MR) is 54.0 cm³/mol. The zero-order chi connectivity index (χ0) is 12.6. The first-order valence-electron chi connectivity index (χ1n) is 5.42. The normalized spacial score (nSPS) is 34.8. The van der Waals surface area contributed by atoms with E-state index in [0.29, 0.717) is 0 Å². The molecule has 94 valence electrons. The van der Waals surface area contributed by atoms with Crippen LogP contribution in [0.5, 0.6) is 0 Å². The van der Waals surface area contributed by atoms with Crippen molar-refractivity contribution in [3.05, 3.63) is 0 Å². The first-order valence-corrected chi connectivity index (χ1v) is 5.42. The highest BCUT2D eigenvalue weighted by Crippen LogP contribution is 2.44. The summed E-state index contributed by atoms with van der Waals surface area (Å²) < 4.78 is 15.5. The molecule has 1 heterocycles. The highest BCUT2D eigenvalue weighted by molar-refractivity contribution is 5.87. The van der Waals surface area contributed by atoms with Gasteiger partial charge in [-0.15, -0.1) is 0 Å². The second-order valence-electron chi connectivity index (χ2n) is 4.44. The molecule has 0 aromatic rings. The zero-order valence-electron chi connectivity index (χ0n) is 9.73. The Hall–Kier alpha value is -1.43. The van der Waals surface area contributed by atoms with Crippen LogP contribution in [0, 0.1) is 5.92 Å². The van der Waals surface area contributed by atoms with E-state index in [4.69, 9.17) is 14.2 Å². The van der Waals surface area contributed by atoms with Crippen LogP contribution in [0.25, 0.3) is 0 Å². The molecule has 1 aliphatic carbocycles. The minimum Gasteiger partial charge on any atom is -0.463 e. The minimum atomic E-state index is -0.973. The van der Waals surface area contributed by atoms with Gasteiger partial charge >= 0.3 is 11.9 Å². The summed E-state index contributed by atoms with van der Waals surface area (Å²) >= 11 is 0. The Balaban J connectivity index is 2.14. The summed E-state index contributed by atoms with van der Waals surface area (Å²) in [5.41, 5.74) is -0.973. The molecule has 1 aliphatic heterocycles. The van der Waals surface area contributed by atoms with Crippen molar-refractivity contribution in [2.24, 2.45) is 5.92 Å². The molecule has 17 heavy (non-hydrogen) atoms. The molecule has 2 fully saturated rings. The van der Waals surface area contributed by atoms with E-state index in [-0.39, 0.29) is 25.4 Å². The van der Waals surface area contributed by atoms with Gasteiger partial charge in [-0.1, -0.05) is 0 Å². The number of ether oxygens (including phenoxy) is 3. The van der Waals surface area contributed by atoms with E-state index < -0.39 is 29.6 Å². The fourth-order valence-electron chi connectivity index (χ4n) is 2.40. The van der Waals surface area contributed by atoms with Crippen LogP contribution in [0.2, 0.25) is 0 Å². The SMILES string of the molecule is CC(=O)OC[C@@]12CC(=O)[C@@H](CO1)[C@@H]2OC(C)=O. The molecule has 3 atom stereocenters. The fraction of sp³-hybridized carbons (Fsp3) is 0.727. The zero-order valence-corrected chi connectivity index (χ0v) is 9.73. The summed E-state index contributed by atoms with van der Waals surface area (Å²) in [6, 6.07) is 0. The van der Waals surface area contributed by atoms with Crippen LogP contribution in [0.15, 0.2) is 0 Å². The molecule has 1 saturated heterocycles. The number of hydrogen-bond acceptors (Lipinski definition) is 6. The standard InChI is InChI=1S/C11H14O6/c1-6(12)15-5-11-3-9(14)8(4-16-11)10(11)17-7(2)13/h8,10H,3-5H2,1-2H3/t8-,10+,11-/m1/s1. The highest BCUT2D eigenvalue weighted by Gasteiger charge is 2.62. The molecule has 6 nitrogen and oxygen atoms in total. The van der Waals surface area contributed by atoms with E-state index in [1.165, 1.54) is 13.8 Å². The molecule has 6 heteroatoms. The number of rotatable bonds is 3. The molecular weight excluding hydrogens is 228 g/mol. The van der Waals surface area contributed by atoms with Gasteiger partial charge in [0.15, 0.2) is 0 Å². The van der Waals surface area contributed by atoms with Gasteiger partial charge in [0.05, 0.1) is 12.5 Å². The van der Waals surface area contributed by atoms with Crippen molar-refractivity contribution in [3.8, 4) is 0 Å². The van der Waals surface area contributed by atoms with Crippen molar-refractivity contribution >= 4 is 17.7 Å². The van der Waals surface area contributed by atoms with E-state index in [2.05, 4.69) is 0 Å². The van der Waals surface area contributed by atoms with Gasteiger partial charge in [-0.3, -0.25) is 14.4 Å². The molecular formula is C11H14O6. The van der Waals surface area contributed by atoms with Gasteiger partial charge in [0.2, 0.25) is 0 Å². The van der Waals surface area contributed by atoms with Crippen LogP contribution in [0.3, 0.4) is 0 Å². The van der Waals surface area contributed by atoms with Crippen molar-refractivity contribution in [3.63, 3.8) is 0 Å². The van der Waals surface area contributed by atoms with Gasteiger partial charge in [-0.05, 0) is 0 Å². The van der Waals surface area contributed by atoms with Crippen molar-refractivity contribution in [2.45, 2.75) is 32.0 Å². The Labute approximate surface area is 98.2 Å². The maximum Gasteiger partial charge on any atom is 0.303 e. The summed E-state index contributed by atoms with van der Waals surface area (Å²) in [4.78, 5) is 33.5. The van der Waals surface area contributed by atoms with Gasteiger partial charge in [0, 0.05) is 20.3 Å². The van der Waals surface area contributed by atoms with Gasteiger partial charge in [-0.2, -0.15) is 0 Å². The number of carbonyl (C=O) groups excluding carboxylic acids is 3. The number of esters is 2. The lowest BCUT2D eigenvalue weighted by atomic mass is 10.0. The third kappa shape index (κ3) is 2.04. The van der Waals surface area contributed by atoms with Crippen LogP contribution in [0.4, 0.5) is 0 Å². The van der Waals surface area contributed by atoms with E-state index in [1.807, 2.05) is 0 Å². The Morgan fingerprint density at radius 3 is 2.65 bits per heavy atom. The third-order valence-electron chi connectivity index (χ3n) is 3.13. The van der Waals surface area contributed by atoms with E-state index in [9.17, 15) is 14.4 Å². The van der Waals surface area contributed by atoms with Crippen LogP contribution in [-0.2, 0) is 28.6 Å².